The SMILES string of the molecule is CC(C)c1nc2cc(C(=O)O)ccc2n1C(C)C(C)(C)C. The summed E-state index contributed by atoms with van der Waals surface area (Å²) in [6.07, 6.45) is 0. The fourth-order valence-electron chi connectivity index (χ4n) is 2.45. The summed E-state index contributed by atoms with van der Waals surface area (Å²) in [6, 6.07) is 5.47. The first-order valence-corrected chi connectivity index (χ1v) is 7.38. The van der Waals surface area contributed by atoms with Crippen LogP contribution >= 0.6 is 0 Å². The van der Waals surface area contributed by atoms with E-state index in [9.17, 15) is 4.79 Å². The van der Waals surface area contributed by atoms with Crippen molar-refractivity contribution in [3.05, 3.63) is 29.6 Å². The van der Waals surface area contributed by atoms with Gasteiger partial charge in [-0.25, -0.2) is 9.78 Å². The van der Waals surface area contributed by atoms with E-state index >= 15 is 0 Å². The van der Waals surface area contributed by atoms with Crippen LogP contribution in [0.25, 0.3) is 11.0 Å². The van der Waals surface area contributed by atoms with Crippen molar-refractivity contribution < 1.29 is 9.90 Å². The van der Waals surface area contributed by atoms with Crippen molar-refractivity contribution in [2.45, 2.75) is 53.5 Å². The summed E-state index contributed by atoms with van der Waals surface area (Å²) in [5, 5.41) is 9.13. The van der Waals surface area contributed by atoms with Gasteiger partial charge < -0.3 is 9.67 Å². The van der Waals surface area contributed by atoms with Crippen LogP contribution in [0.5, 0.6) is 0 Å². The number of nitrogens with zero attached hydrogens (tertiary/aromatic N) is 2. The molecule has 1 heterocycles. The van der Waals surface area contributed by atoms with Gasteiger partial charge in [-0.05, 0) is 30.5 Å². The van der Waals surface area contributed by atoms with Crippen LogP contribution in [0.1, 0.15) is 69.7 Å². The Morgan fingerprint density at radius 3 is 2.33 bits per heavy atom. The highest BCUT2D eigenvalue weighted by Crippen LogP contribution is 2.35. The van der Waals surface area contributed by atoms with E-state index in [0.717, 1.165) is 16.9 Å². The molecular weight excluding hydrogens is 264 g/mol. The van der Waals surface area contributed by atoms with Gasteiger partial charge in [-0.3, -0.25) is 0 Å². The molecular formula is C17H24N2O2. The lowest BCUT2D eigenvalue weighted by Crippen LogP contribution is -2.23. The maximum absolute atomic E-state index is 11.1. The Morgan fingerprint density at radius 1 is 1.24 bits per heavy atom. The molecule has 1 aromatic carbocycles. The largest absolute Gasteiger partial charge is 0.478 e. The molecule has 0 bridgehead atoms. The van der Waals surface area contributed by atoms with Crippen molar-refractivity contribution in [2.75, 3.05) is 0 Å². The second kappa shape index (κ2) is 5.17. The summed E-state index contributed by atoms with van der Waals surface area (Å²) in [4.78, 5) is 15.8. The smallest absolute Gasteiger partial charge is 0.335 e. The number of benzene rings is 1. The molecule has 0 fully saturated rings. The lowest BCUT2D eigenvalue weighted by molar-refractivity contribution is 0.0697. The van der Waals surface area contributed by atoms with E-state index in [4.69, 9.17) is 5.11 Å². The molecule has 114 valence electrons. The van der Waals surface area contributed by atoms with Gasteiger partial charge >= 0.3 is 5.97 Å². The van der Waals surface area contributed by atoms with Crippen LogP contribution in [-0.2, 0) is 0 Å². The summed E-state index contributed by atoms with van der Waals surface area (Å²) >= 11 is 0. The summed E-state index contributed by atoms with van der Waals surface area (Å²) in [5.74, 6) is 0.381. The third-order valence-corrected chi connectivity index (χ3v) is 4.12. The molecule has 2 aromatic rings. The molecule has 0 aliphatic carbocycles. The topological polar surface area (TPSA) is 55.1 Å². The highest BCUT2D eigenvalue weighted by atomic mass is 16.4. The number of hydrogen-bond acceptors (Lipinski definition) is 2. The molecule has 2 rings (SSSR count). The molecule has 0 saturated carbocycles. The fraction of sp³-hybridized carbons (Fsp3) is 0.529. The minimum absolute atomic E-state index is 0.0999. The maximum atomic E-state index is 11.1. The maximum Gasteiger partial charge on any atom is 0.335 e. The Balaban J connectivity index is 2.72. The van der Waals surface area contributed by atoms with Gasteiger partial charge in [0.25, 0.3) is 0 Å². The monoisotopic (exact) mass is 288 g/mol. The van der Waals surface area contributed by atoms with Crippen LogP contribution in [0.4, 0.5) is 0 Å². The number of rotatable bonds is 3. The van der Waals surface area contributed by atoms with Crippen LogP contribution in [0.15, 0.2) is 18.2 Å². The molecule has 21 heavy (non-hydrogen) atoms. The molecule has 1 atom stereocenters. The van der Waals surface area contributed by atoms with E-state index in [1.807, 2.05) is 6.07 Å². The predicted octanol–water partition coefficient (Wildman–Crippen LogP) is 4.47. The van der Waals surface area contributed by atoms with E-state index in [1.54, 1.807) is 12.1 Å². The van der Waals surface area contributed by atoms with Crippen LogP contribution in [0.3, 0.4) is 0 Å². The second-order valence-corrected chi connectivity index (χ2v) is 7.05. The van der Waals surface area contributed by atoms with Gasteiger partial charge in [-0.1, -0.05) is 34.6 Å². The molecule has 1 aromatic heterocycles. The number of carboxylic acid groups (broad SMARTS) is 1. The van der Waals surface area contributed by atoms with E-state index in [1.165, 1.54) is 0 Å². The molecule has 4 heteroatoms. The number of fused-ring (bicyclic) bond motifs is 1. The molecule has 1 unspecified atom stereocenters. The van der Waals surface area contributed by atoms with Crippen molar-refractivity contribution in [3.8, 4) is 0 Å². The van der Waals surface area contributed by atoms with E-state index in [2.05, 4.69) is 51.1 Å². The third-order valence-electron chi connectivity index (χ3n) is 4.12. The molecule has 0 amide bonds. The molecule has 1 N–H and O–H groups in total. The number of hydrogen-bond donors (Lipinski definition) is 1. The first-order valence-electron chi connectivity index (χ1n) is 7.38. The van der Waals surface area contributed by atoms with Crippen molar-refractivity contribution >= 4 is 17.0 Å². The van der Waals surface area contributed by atoms with Crippen molar-refractivity contribution in [3.63, 3.8) is 0 Å². The Labute approximate surface area is 125 Å². The summed E-state index contributed by atoms with van der Waals surface area (Å²) in [7, 11) is 0. The summed E-state index contributed by atoms with van der Waals surface area (Å²) < 4.78 is 2.26. The normalized spacial score (nSPS) is 13.9. The van der Waals surface area contributed by atoms with Gasteiger partial charge in [0.05, 0.1) is 16.6 Å². The van der Waals surface area contributed by atoms with E-state index < -0.39 is 5.97 Å². The average Bonchev–Trinajstić information content (AvgIpc) is 2.74. The lowest BCUT2D eigenvalue weighted by Gasteiger charge is -2.31. The first-order chi connectivity index (χ1) is 9.62. The molecule has 0 spiro atoms. The zero-order valence-corrected chi connectivity index (χ0v) is 13.6. The number of aromatic nitrogens is 2. The minimum atomic E-state index is -0.915. The first kappa shape index (κ1) is 15.5. The van der Waals surface area contributed by atoms with Crippen molar-refractivity contribution in [1.29, 1.82) is 0 Å². The Bertz CT molecular complexity index is 678. The molecule has 0 saturated heterocycles. The minimum Gasteiger partial charge on any atom is -0.478 e. The number of imidazole rings is 1. The van der Waals surface area contributed by atoms with Gasteiger partial charge in [-0.15, -0.1) is 0 Å². The average molecular weight is 288 g/mol. The standard InChI is InChI=1S/C17H24N2O2/c1-10(2)15-18-13-9-12(16(20)21)7-8-14(13)19(15)11(3)17(4,5)6/h7-11H,1-6H3,(H,20,21). The molecule has 0 aliphatic heterocycles. The number of carbonyl (C=O) groups is 1. The predicted molar refractivity (Wildman–Crippen MR) is 84.9 cm³/mol. The lowest BCUT2D eigenvalue weighted by atomic mass is 9.87. The number of carboxylic acids is 1. The zero-order chi connectivity index (χ0) is 15.9. The van der Waals surface area contributed by atoms with Gasteiger partial charge in [0, 0.05) is 12.0 Å². The van der Waals surface area contributed by atoms with Crippen LogP contribution < -0.4 is 0 Å². The molecule has 0 radical (unpaired) electrons. The van der Waals surface area contributed by atoms with Gasteiger partial charge in [0.15, 0.2) is 0 Å². The van der Waals surface area contributed by atoms with Gasteiger partial charge in [-0.2, -0.15) is 0 Å². The molecule has 4 nitrogen and oxygen atoms in total. The number of aromatic carboxylic acids is 1. The summed E-state index contributed by atoms with van der Waals surface area (Å²) in [5.41, 5.74) is 2.15. The van der Waals surface area contributed by atoms with E-state index in [-0.39, 0.29) is 22.9 Å². The Morgan fingerprint density at radius 2 is 1.86 bits per heavy atom. The second-order valence-electron chi connectivity index (χ2n) is 7.05. The van der Waals surface area contributed by atoms with E-state index in [0.29, 0.717) is 0 Å². The summed E-state index contributed by atoms with van der Waals surface area (Å²) in [6.45, 7) is 13.0. The quantitative estimate of drug-likeness (QED) is 0.906. The van der Waals surface area contributed by atoms with Crippen LogP contribution in [0, 0.1) is 5.41 Å². The zero-order valence-electron chi connectivity index (χ0n) is 13.6. The Hall–Kier alpha value is -1.84. The van der Waals surface area contributed by atoms with Crippen molar-refractivity contribution in [1.82, 2.24) is 9.55 Å². The van der Waals surface area contributed by atoms with Gasteiger partial charge in [0.1, 0.15) is 5.82 Å². The third kappa shape index (κ3) is 2.80. The highest BCUT2D eigenvalue weighted by Gasteiger charge is 2.27. The van der Waals surface area contributed by atoms with Gasteiger partial charge in [0.2, 0.25) is 0 Å². The highest BCUT2D eigenvalue weighted by molar-refractivity contribution is 5.92. The fourth-order valence-corrected chi connectivity index (χ4v) is 2.45. The van der Waals surface area contributed by atoms with Crippen LogP contribution in [0.2, 0.25) is 0 Å². The molecule has 0 aliphatic rings. The van der Waals surface area contributed by atoms with Crippen LogP contribution in [-0.4, -0.2) is 20.6 Å². The van der Waals surface area contributed by atoms with Crippen molar-refractivity contribution in [2.24, 2.45) is 5.41 Å². The Kier molecular flexibility index (Phi) is 3.83.